The van der Waals surface area contributed by atoms with Crippen molar-refractivity contribution in [2.24, 2.45) is 5.10 Å². The summed E-state index contributed by atoms with van der Waals surface area (Å²) in [5.41, 5.74) is 5.01. The zero-order valence-electron chi connectivity index (χ0n) is 14.3. The normalized spacial score (nSPS) is 16.1. The van der Waals surface area contributed by atoms with Gasteiger partial charge < -0.3 is 5.32 Å². The summed E-state index contributed by atoms with van der Waals surface area (Å²) in [4.78, 5) is 29.6. The lowest BCUT2D eigenvalue weighted by molar-refractivity contribution is -0.124. The smallest absolute Gasteiger partial charge is 0.241 e. The monoisotopic (exact) mass is 376 g/mol. The summed E-state index contributed by atoms with van der Waals surface area (Å²) >= 11 is 1.39. The number of fused-ring (bicyclic) bond motifs is 2. The molecule has 1 unspecified atom stereocenters. The van der Waals surface area contributed by atoms with Crippen LogP contribution in [0.15, 0.2) is 70.8 Å². The van der Waals surface area contributed by atoms with Gasteiger partial charge in [-0.05, 0) is 24.3 Å². The largest absolute Gasteiger partial charge is 0.324 e. The van der Waals surface area contributed by atoms with E-state index in [9.17, 15) is 9.59 Å². The van der Waals surface area contributed by atoms with Gasteiger partial charge in [-0.3, -0.25) is 14.6 Å². The van der Waals surface area contributed by atoms with Crippen molar-refractivity contribution >= 4 is 46.4 Å². The Morgan fingerprint density at radius 3 is 2.93 bits per heavy atom. The summed E-state index contributed by atoms with van der Waals surface area (Å²) in [6, 6.07) is 17.1. The maximum absolute atomic E-state index is 12.2. The van der Waals surface area contributed by atoms with Gasteiger partial charge >= 0.3 is 0 Å². The van der Waals surface area contributed by atoms with Crippen LogP contribution in [-0.4, -0.2) is 28.3 Å². The highest BCUT2D eigenvalue weighted by Crippen LogP contribution is 2.36. The number of para-hydroxylation sites is 2. The quantitative estimate of drug-likeness (QED) is 0.541. The Hall–Kier alpha value is -3.19. The maximum Gasteiger partial charge on any atom is 0.241 e. The SMILES string of the molecule is O=C(CC1Sc2ccccc2NC1=O)NN=Cc1ccnc2ccccc12. The van der Waals surface area contributed by atoms with E-state index >= 15 is 0 Å². The van der Waals surface area contributed by atoms with Gasteiger partial charge in [-0.15, -0.1) is 11.8 Å². The Bertz CT molecular complexity index is 1050. The molecule has 2 heterocycles. The fourth-order valence-corrected chi connectivity index (χ4v) is 3.96. The maximum atomic E-state index is 12.2. The fraction of sp³-hybridized carbons (Fsp3) is 0.100. The molecule has 0 radical (unpaired) electrons. The number of carbonyl (C=O) groups excluding carboxylic acids is 2. The molecule has 1 aromatic heterocycles. The lowest BCUT2D eigenvalue weighted by Gasteiger charge is -2.23. The van der Waals surface area contributed by atoms with Crippen molar-refractivity contribution in [2.75, 3.05) is 5.32 Å². The van der Waals surface area contributed by atoms with Crippen LogP contribution in [0.4, 0.5) is 5.69 Å². The number of hydrogen-bond acceptors (Lipinski definition) is 5. The molecule has 2 N–H and O–H groups in total. The summed E-state index contributed by atoms with van der Waals surface area (Å²) < 4.78 is 0. The fourth-order valence-electron chi connectivity index (χ4n) is 2.85. The van der Waals surface area contributed by atoms with Gasteiger partial charge in [0.25, 0.3) is 0 Å². The van der Waals surface area contributed by atoms with E-state index in [1.807, 2.05) is 54.6 Å². The van der Waals surface area contributed by atoms with Crippen molar-refractivity contribution in [2.45, 2.75) is 16.6 Å². The topological polar surface area (TPSA) is 83.5 Å². The van der Waals surface area contributed by atoms with Gasteiger partial charge in [0.05, 0.1) is 22.7 Å². The number of hydrazone groups is 1. The Morgan fingerprint density at radius 2 is 2.00 bits per heavy atom. The Morgan fingerprint density at radius 1 is 1.19 bits per heavy atom. The van der Waals surface area contributed by atoms with Crippen LogP contribution >= 0.6 is 11.8 Å². The number of thioether (sulfide) groups is 1. The average Bonchev–Trinajstić information content (AvgIpc) is 2.69. The Kier molecular flexibility index (Phi) is 4.84. The zero-order valence-corrected chi connectivity index (χ0v) is 15.1. The third kappa shape index (κ3) is 3.83. The van der Waals surface area contributed by atoms with Crippen molar-refractivity contribution in [3.05, 3.63) is 66.4 Å². The number of nitrogens with one attached hydrogen (secondary N) is 2. The molecule has 1 atom stereocenters. The lowest BCUT2D eigenvalue weighted by atomic mass is 10.1. The number of hydrogen-bond donors (Lipinski definition) is 2. The van der Waals surface area contributed by atoms with E-state index in [1.165, 1.54) is 11.8 Å². The molecule has 27 heavy (non-hydrogen) atoms. The first-order chi connectivity index (χ1) is 13.2. The highest BCUT2D eigenvalue weighted by atomic mass is 32.2. The first kappa shape index (κ1) is 17.2. The van der Waals surface area contributed by atoms with E-state index in [0.29, 0.717) is 0 Å². The molecule has 2 amide bonds. The van der Waals surface area contributed by atoms with Crippen LogP contribution in [0.2, 0.25) is 0 Å². The molecular formula is C20H16N4O2S. The third-order valence-corrected chi connectivity index (χ3v) is 5.43. The molecular weight excluding hydrogens is 360 g/mol. The van der Waals surface area contributed by atoms with E-state index in [4.69, 9.17) is 0 Å². The molecule has 0 saturated carbocycles. The van der Waals surface area contributed by atoms with E-state index < -0.39 is 5.25 Å². The highest BCUT2D eigenvalue weighted by Gasteiger charge is 2.28. The summed E-state index contributed by atoms with van der Waals surface area (Å²) in [7, 11) is 0. The van der Waals surface area contributed by atoms with Crippen LogP contribution in [0.25, 0.3) is 10.9 Å². The molecule has 4 rings (SSSR count). The van der Waals surface area contributed by atoms with Crippen LogP contribution in [-0.2, 0) is 9.59 Å². The molecule has 0 aliphatic carbocycles. The highest BCUT2D eigenvalue weighted by molar-refractivity contribution is 8.01. The number of pyridine rings is 1. The minimum Gasteiger partial charge on any atom is -0.324 e. The average molecular weight is 376 g/mol. The molecule has 1 aliphatic rings. The standard InChI is InChI=1S/C20H16N4O2S/c25-19(11-18-20(26)23-16-7-3-4-8-17(16)27-18)24-22-12-13-9-10-21-15-6-2-1-5-14(13)15/h1-10,12,18H,11H2,(H,23,26)(H,24,25). The lowest BCUT2D eigenvalue weighted by Crippen LogP contribution is -2.33. The van der Waals surface area contributed by atoms with Gasteiger partial charge in [0.15, 0.2) is 0 Å². The number of nitrogens with zero attached hydrogens (tertiary/aromatic N) is 2. The van der Waals surface area contributed by atoms with Crippen molar-refractivity contribution < 1.29 is 9.59 Å². The molecule has 1 aliphatic heterocycles. The number of carbonyl (C=O) groups is 2. The second-order valence-corrected chi connectivity index (χ2v) is 7.25. The summed E-state index contributed by atoms with van der Waals surface area (Å²) in [5.74, 6) is -0.477. The van der Waals surface area contributed by atoms with E-state index in [0.717, 1.165) is 27.0 Å². The predicted octanol–water partition coefficient (Wildman–Crippen LogP) is 3.19. The van der Waals surface area contributed by atoms with Crippen molar-refractivity contribution in [3.63, 3.8) is 0 Å². The summed E-state index contributed by atoms with van der Waals surface area (Å²) in [5, 5.41) is 7.35. The molecule has 7 heteroatoms. The van der Waals surface area contributed by atoms with Gasteiger partial charge in [-0.2, -0.15) is 5.10 Å². The van der Waals surface area contributed by atoms with E-state index in [2.05, 4.69) is 20.8 Å². The molecule has 0 spiro atoms. The first-order valence-corrected chi connectivity index (χ1v) is 9.31. The second-order valence-electron chi connectivity index (χ2n) is 6.01. The minimum atomic E-state index is -0.475. The summed E-state index contributed by atoms with van der Waals surface area (Å²) in [6.07, 6.45) is 3.34. The van der Waals surface area contributed by atoms with Crippen LogP contribution in [0.3, 0.4) is 0 Å². The van der Waals surface area contributed by atoms with Crippen LogP contribution in [0.1, 0.15) is 12.0 Å². The first-order valence-electron chi connectivity index (χ1n) is 8.43. The number of amides is 2. The van der Waals surface area contributed by atoms with E-state index in [1.54, 1.807) is 12.4 Å². The Balaban J connectivity index is 1.40. The molecule has 0 fully saturated rings. The van der Waals surface area contributed by atoms with Gasteiger partial charge in [0.1, 0.15) is 0 Å². The van der Waals surface area contributed by atoms with Gasteiger partial charge in [-0.1, -0.05) is 30.3 Å². The van der Waals surface area contributed by atoms with Gasteiger partial charge in [0.2, 0.25) is 11.8 Å². The van der Waals surface area contributed by atoms with E-state index in [-0.39, 0.29) is 18.2 Å². The van der Waals surface area contributed by atoms with Crippen LogP contribution < -0.4 is 10.7 Å². The zero-order chi connectivity index (χ0) is 18.6. The number of anilines is 1. The van der Waals surface area contributed by atoms with Gasteiger partial charge in [0, 0.05) is 28.5 Å². The van der Waals surface area contributed by atoms with Gasteiger partial charge in [-0.25, -0.2) is 5.43 Å². The Labute approximate surface area is 160 Å². The molecule has 2 aromatic carbocycles. The van der Waals surface area contributed by atoms with Crippen molar-refractivity contribution in [3.8, 4) is 0 Å². The number of aromatic nitrogens is 1. The van der Waals surface area contributed by atoms with Crippen molar-refractivity contribution in [1.82, 2.24) is 10.4 Å². The predicted molar refractivity (Wildman–Crippen MR) is 107 cm³/mol. The summed E-state index contributed by atoms with van der Waals surface area (Å²) in [6.45, 7) is 0. The molecule has 6 nitrogen and oxygen atoms in total. The molecule has 3 aromatic rings. The number of rotatable bonds is 4. The number of benzene rings is 2. The minimum absolute atomic E-state index is 0.0548. The molecule has 0 bridgehead atoms. The molecule has 0 saturated heterocycles. The van der Waals surface area contributed by atoms with Crippen LogP contribution in [0.5, 0.6) is 0 Å². The molecule has 134 valence electrons. The van der Waals surface area contributed by atoms with Crippen molar-refractivity contribution in [1.29, 1.82) is 0 Å². The third-order valence-electron chi connectivity index (χ3n) is 4.15. The van der Waals surface area contributed by atoms with Crippen LogP contribution in [0, 0.1) is 0 Å². The second kappa shape index (κ2) is 7.59.